The average molecular weight is 325 g/mol. The number of hydrogen-bond acceptors (Lipinski definition) is 4. The van der Waals surface area contributed by atoms with Crippen LogP contribution in [0.15, 0.2) is 36.5 Å². The zero-order chi connectivity index (χ0) is 17.3. The van der Waals surface area contributed by atoms with Gasteiger partial charge in [0.05, 0.1) is 19.3 Å². The smallest absolute Gasteiger partial charge is 0.332 e. The van der Waals surface area contributed by atoms with E-state index in [-0.39, 0.29) is 25.0 Å². The van der Waals surface area contributed by atoms with E-state index in [4.69, 9.17) is 4.74 Å². The highest BCUT2D eigenvalue weighted by atomic mass is 16.5. The zero-order valence-electron chi connectivity index (χ0n) is 13.9. The summed E-state index contributed by atoms with van der Waals surface area (Å²) in [5, 5.41) is 0. The van der Waals surface area contributed by atoms with Gasteiger partial charge in [0.15, 0.2) is 0 Å². The molecule has 1 aliphatic heterocycles. The molecule has 6 heteroatoms. The molecule has 3 amide bonds. The number of ether oxygens (including phenoxy) is 1. The van der Waals surface area contributed by atoms with Crippen molar-refractivity contribution in [3.63, 3.8) is 0 Å². The molecule has 2 aromatic rings. The number of methoxy groups -OCH3 is 1. The number of benzene rings is 1. The zero-order valence-corrected chi connectivity index (χ0v) is 13.9. The summed E-state index contributed by atoms with van der Waals surface area (Å²) in [5.41, 5.74) is 3.14. The summed E-state index contributed by atoms with van der Waals surface area (Å²) in [6.07, 6.45) is 1.70. The Hall–Kier alpha value is -2.89. The van der Waals surface area contributed by atoms with Crippen LogP contribution in [0.2, 0.25) is 0 Å². The van der Waals surface area contributed by atoms with Gasteiger partial charge in [-0.15, -0.1) is 0 Å². The number of hydrogen-bond donors (Lipinski definition) is 0. The monoisotopic (exact) mass is 325 g/mol. The van der Waals surface area contributed by atoms with Gasteiger partial charge in [0.25, 0.3) is 5.91 Å². The molecule has 0 bridgehead atoms. The molecule has 0 N–H and O–H groups in total. The molecule has 3 rings (SSSR count). The van der Waals surface area contributed by atoms with Gasteiger partial charge in [-0.25, -0.2) is 4.79 Å². The number of carbonyl (C=O) groups is 2. The van der Waals surface area contributed by atoms with Crippen molar-refractivity contribution in [3.8, 4) is 5.75 Å². The lowest BCUT2D eigenvalue weighted by Gasteiger charge is -2.18. The van der Waals surface area contributed by atoms with Gasteiger partial charge in [-0.1, -0.05) is 18.2 Å². The van der Waals surface area contributed by atoms with Crippen molar-refractivity contribution in [1.29, 1.82) is 0 Å². The van der Waals surface area contributed by atoms with Crippen molar-refractivity contribution >= 4 is 17.6 Å². The number of para-hydroxylation sites is 1. The third-order valence-corrected chi connectivity index (χ3v) is 4.18. The predicted octanol–water partition coefficient (Wildman–Crippen LogP) is 2.68. The van der Waals surface area contributed by atoms with Crippen LogP contribution in [0.3, 0.4) is 0 Å². The Morgan fingerprint density at radius 2 is 1.88 bits per heavy atom. The van der Waals surface area contributed by atoms with Gasteiger partial charge in [-0.05, 0) is 26.0 Å². The minimum absolute atomic E-state index is 0.0465. The molecule has 0 atom stereocenters. The first-order valence-electron chi connectivity index (χ1n) is 7.69. The second-order valence-corrected chi connectivity index (χ2v) is 5.73. The van der Waals surface area contributed by atoms with Gasteiger partial charge in [0, 0.05) is 23.0 Å². The number of carbonyl (C=O) groups excluding carboxylic acids is 2. The Kier molecular flexibility index (Phi) is 4.20. The van der Waals surface area contributed by atoms with E-state index in [1.165, 1.54) is 9.80 Å². The number of nitrogens with zero attached hydrogens (tertiary/aromatic N) is 3. The second-order valence-electron chi connectivity index (χ2n) is 5.73. The Morgan fingerprint density at radius 3 is 2.54 bits per heavy atom. The SMILES string of the molecule is COc1c(C)cnc(CN2C(=O)CN(c3ccccc3)C2=O)c1C. The summed E-state index contributed by atoms with van der Waals surface area (Å²) in [6.45, 7) is 3.98. The van der Waals surface area contributed by atoms with E-state index in [1.54, 1.807) is 13.3 Å². The second kappa shape index (κ2) is 6.31. The predicted molar refractivity (Wildman–Crippen MR) is 90.0 cm³/mol. The Morgan fingerprint density at radius 1 is 1.17 bits per heavy atom. The summed E-state index contributed by atoms with van der Waals surface area (Å²) < 4.78 is 5.39. The van der Waals surface area contributed by atoms with E-state index in [9.17, 15) is 9.59 Å². The van der Waals surface area contributed by atoms with Crippen molar-refractivity contribution in [2.75, 3.05) is 18.6 Å². The van der Waals surface area contributed by atoms with Crippen LogP contribution in [0, 0.1) is 13.8 Å². The Bertz CT molecular complexity index is 790. The van der Waals surface area contributed by atoms with E-state index in [2.05, 4.69) is 4.98 Å². The van der Waals surface area contributed by atoms with Crippen molar-refractivity contribution in [2.45, 2.75) is 20.4 Å². The number of aryl methyl sites for hydroxylation is 1. The number of rotatable bonds is 4. The van der Waals surface area contributed by atoms with Crippen LogP contribution >= 0.6 is 0 Å². The van der Waals surface area contributed by atoms with E-state index in [0.717, 1.165) is 16.9 Å². The topological polar surface area (TPSA) is 62.7 Å². The molecule has 1 aromatic carbocycles. The molecular formula is C18H19N3O3. The van der Waals surface area contributed by atoms with Crippen molar-refractivity contribution < 1.29 is 14.3 Å². The summed E-state index contributed by atoms with van der Waals surface area (Å²) in [7, 11) is 1.60. The number of anilines is 1. The molecule has 0 saturated carbocycles. The van der Waals surface area contributed by atoms with Crippen molar-refractivity contribution in [2.24, 2.45) is 0 Å². The molecule has 1 aromatic heterocycles. The van der Waals surface area contributed by atoms with Gasteiger partial charge in [-0.2, -0.15) is 0 Å². The van der Waals surface area contributed by atoms with Gasteiger partial charge in [0.2, 0.25) is 0 Å². The lowest BCUT2D eigenvalue weighted by atomic mass is 10.1. The molecular weight excluding hydrogens is 306 g/mol. The molecule has 1 fully saturated rings. The summed E-state index contributed by atoms with van der Waals surface area (Å²) in [4.78, 5) is 32.0. The van der Waals surface area contributed by atoms with Crippen LogP contribution in [-0.4, -0.2) is 35.5 Å². The fourth-order valence-electron chi connectivity index (χ4n) is 2.89. The fraction of sp³-hybridized carbons (Fsp3) is 0.278. The first-order chi connectivity index (χ1) is 11.5. The van der Waals surface area contributed by atoms with Gasteiger partial charge in [0.1, 0.15) is 12.3 Å². The van der Waals surface area contributed by atoms with Gasteiger partial charge in [-0.3, -0.25) is 19.6 Å². The van der Waals surface area contributed by atoms with Crippen LogP contribution in [0.25, 0.3) is 0 Å². The molecule has 2 heterocycles. The minimum Gasteiger partial charge on any atom is -0.496 e. The lowest BCUT2D eigenvalue weighted by molar-refractivity contribution is -0.125. The molecule has 0 unspecified atom stereocenters. The maximum Gasteiger partial charge on any atom is 0.332 e. The molecule has 0 aliphatic carbocycles. The number of aromatic nitrogens is 1. The molecule has 1 aliphatic rings. The van der Waals surface area contributed by atoms with E-state index < -0.39 is 0 Å². The van der Waals surface area contributed by atoms with Gasteiger partial charge >= 0.3 is 6.03 Å². The lowest BCUT2D eigenvalue weighted by Crippen LogP contribution is -2.33. The van der Waals surface area contributed by atoms with Crippen LogP contribution in [0.4, 0.5) is 10.5 Å². The molecule has 0 radical (unpaired) electrons. The normalized spacial score (nSPS) is 14.5. The highest BCUT2D eigenvalue weighted by Gasteiger charge is 2.37. The molecule has 0 spiro atoms. The van der Waals surface area contributed by atoms with E-state index in [1.807, 2.05) is 44.2 Å². The third kappa shape index (κ3) is 2.71. The molecule has 1 saturated heterocycles. The third-order valence-electron chi connectivity index (χ3n) is 4.18. The Labute approximate surface area is 140 Å². The average Bonchev–Trinajstić information content (AvgIpc) is 2.86. The fourth-order valence-corrected chi connectivity index (χ4v) is 2.89. The van der Waals surface area contributed by atoms with Crippen molar-refractivity contribution in [1.82, 2.24) is 9.88 Å². The number of urea groups is 1. The molecule has 124 valence electrons. The van der Waals surface area contributed by atoms with E-state index >= 15 is 0 Å². The quantitative estimate of drug-likeness (QED) is 0.811. The van der Waals surface area contributed by atoms with Crippen LogP contribution < -0.4 is 9.64 Å². The first kappa shape index (κ1) is 16.0. The van der Waals surface area contributed by atoms with E-state index in [0.29, 0.717) is 11.4 Å². The van der Waals surface area contributed by atoms with Crippen LogP contribution in [0.1, 0.15) is 16.8 Å². The highest BCUT2D eigenvalue weighted by Crippen LogP contribution is 2.27. The standard InChI is InChI=1S/C18H19N3O3/c1-12-9-19-15(13(2)17(12)24-3)10-21-16(22)11-20(18(21)23)14-7-5-4-6-8-14/h4-9H,10-11H2,1-3H3. The number of imide groups is 1. The highest BCUT2D eigenvalue weighted by molar-refractivity contribution is 6.12. The summed E-state index contributed by atoms with van der Waals surface area (Å²) in [5.74, 6) is 0.503. The number of amides is 3. The maximum absolute atomic E-state index is 12.6. The Balaban J connectivity index is 1.86. The molecule has 6 nitrogen and oxygen atoms in total. The first-order valence-corrected chi connectivity index (χ1v) is 7.69. The largest absolute Gasteiger partial charge is 0.496 e. The minimum atomic E-state index is -0.327. The van der Waals surface area contributed by atoms with Crippen LogP contribution in [0.5, 0.6) is 5.75 Å². The summed E-state index contributed by atoms with van der Waals surface area (Å²) in [6, 6.07) is 8.85. The van der Waals surface area contributed by atoms with Crippen LogP contribution in [-0.2, 0) is 11.3 Å². The maximum atomic E-state index is 12.6. The van der Waals surface area contributed by atoms with Gasteiger partial charge < -0.3 is 4.74 Å². The molecule has 24 heavy (non-hydrogen) atoms. The summed E-state index contributed by atoms with van der Waals surface area (Å²) >= 11 is 0. The van der Waals surface area contributed by atoms with Crippen molar-refractivity contribution in [3.05, 3.63) is 53.3 Å². The number of pyridine rings is 1.